The summed E-state index contributed by atoms with van der Waals surface area (Å²) in [4.78, 5) is 23.8. The lowest BCUT2D eigenvalue weighted by Gasteiger charge is -2.19. The molecule has 7 heteroatoms. The van der Waals surface area contributed by atoms with E-state index in [-0.39, 0.29) is 24.7 Å². The summed E-state index contributed by atoms with van der Waals surface area (Å²) in [5.74, 6) is -0.585. The second-order valence-corrected chi connectivity index (χ2v) is 7.93. The first-order chi connectivity index (χ1) is 12.6. The molecule has 0 heterocycles. The zero-order chi connectivity index (χ0) is 20.0. The van der Waals surface area contributed by atoms with Gasteiger partial charge in [-0.15, -0.1) is 0 Å². The average molecular weight is 437 g/mol. The Morgan fingerprint density at radius 1 is 1.11 bits per heavy atom. The van der Waals surface area contributed by atoms with Crippen LogP contribution in [0.25, 0.3) is 0 Å². The molecule has 0 fully saturated rings. The molecule has 0 spiro atoms. The zero-order valence-electron chi connectivity index (χ0n) is 15.4. The van der Waals surface area contributed by atoms with Crippen molar-refractivity contribution in [3.63, 3.8) is 0 Å². The maximum Gasteiger partial charge on any atom is 0.412 e. The van der Waals surface area contributed by atoms with Crippen LogP contribution < -0.4 is 10.6 Å². The number of ether oxygens (including phenoxy) is 1. The second-order valence-electron chi connectivity index (χ2n) is 7.01. The molecule has 2 aromatic rings. The molecule has 144 valence electrons. The number of hydrogen-bond acceptors (Lipinski definition) is 3. The van der Waals surface area contributed by atoms with E-state index in [2.05, 4.69) is 26.6 Å². The van der Waals surface area contributed by atoms with Gasteiger partial charge in [-0.3, -0.25) is 10.1 Å². The smallest absolute Gasteiger partial charge is 0.412 e. The van der Waals surface area contributed by atoms with Gasteiger partial charge in [0.1, 0.15) is 11.4 Å². The number of amides is 2. The van der Waals surface area contributed by atoms with Gasteiger partial charge >= 0.3 is 6.09 Å². The van der Waals surface area contributed by atoms with E-state index in [1.54, 1.807) is 57.2 Å². The van der Waals surface area contributed by atoms with Gasteiger partial charge < -0.3 is 10.1 Å². The number of carbonyl (C=O) groups is 2. The largest absolute Gasteiger partial charge is 0.444 e. The van der Waals surface area contributed by atoms with Gasteiger partial charge in [-0.05, 0) is 56.7 Å². The van der Waals surface area contributed by atoms with E-state index >= 15 is 0 Å². The van der Waals surface area contributed by atoms with Gasteiger partial charge in [0.25, 0.3) is 0 Å². The van der Waals surface area contributed by atoms with Crippen LogP contribution in [0.1, 0.15) is 31.9 Å². The van der Waals surface area contributed by atoms with Gasteiger partial charge in [0.05, 0.1) is 6.42 Å². The minimum absolute atomic E-state index is 0.113. The molecule has 0 aliphatic heterocycles. The molecule has 0 aliphatic rings. The van der Waals surface area contributed by atoms with Crippen LogP contribution >= 0.6 is 15.9 Å². The Morgan fingerprint density at radius 3 is 2.41 bits per heavy atom. The van der Waals surface area contributed by atoms with E-state index in [1.807, 2.05) is 0 Å². The minimum Gasteiger partial charge on any atom is -0.444 e. The summed E-state index contributed by atoms with van der Waals surface area (Å²) in [6, 6.07) is 11.5. The fourth-order valence-electron chi connectivity index (χ4n) is 2.25. The Balaban J connectivity index is 1.85. The molecule has 2 N–H and O–H groups in total. The lowest BCUT2D eigenvalue weighted by atomic mass is 10.1. The molecule has 0 aromatic heterocycles. The molecule has 2 rings (SSSR count). The lowest BCUT2D eigenvalue weighted by Crippen LogP contribution is -2.27. The maximum atomic E-state index is 13.7. The minimum atomic E-state index is -0.573. The molecule has 0 aliphatic carbocycles. The van der Waals surface area contributed by atoms with Crippen molar-refractivity contribution in [3.05, 3.63) is 63.9 Å². The summed E-state index contributed by atoms with van der Waals surface area (Å²) >= 11 is 3.28. The van der Waals surface area contributed by atoms with E-state index in [0.717, 1.165) is 10.0 Å². The SMILES string of the molecule is CC(C)(C)OC(=O)Nc1ccc(CC(=O)NCc2cc(Br)ccc2F)cc1. The number of benzene rings is 2. The molecule has 0 unspecified atom stereocenters. The summed E-state index contributed by atoms with van der Waals surface area (Å²) < 4.78 is 19.6. The third-order valence-corrected chi connectivity index (χ3v) is 3.94. The van der Waals surface area contributed by atoms with E-state index in [0.29, 0.717) is 11.3 Å². The molecule has 0 bridgehead atoms. The maximum absolute atomic E-state index is 13.7. The van der Waals surface area contributed by atoms with Crippen molar-refractivity contribution in [1.82, 2.24) is 5.32 Å². The molecular formula is C20H22BrFN2O3. The van der Waals surface area contributed by atoms with Crippen molar-refractivity contribution < 1.29 is 18.7 Å². The highest BCUT2D eigenvalue weighted by Crippen LogP contribution is 2.16. The molecular weight excluding hydrogens is 415 g/mol. The summed E-state index contributed by atoms with van der Waals surface area (Å²) in [5, 5.41) is 5.33. The number of anilines is 1. The van der Waals surface area contributed by atoms with Crippen molar-refractivity contribution in [2.75, 3.05) is 5.32 Å². The number of nitrogens with one attached hydrogen (secondary N) is 2. The Kier molecular flexibility index (Phi) is 6.96. The third-order valence-electron chi connectivity index (χ3n) is 3.45. The predicted molar refractivity (Wildman–Crippen MR) is 106 cm³/mol. The molecule has 5 nitrogen and oxygen atoms in total. The molecule has 2 amide bonds. The van der Waals surface area contributed by atoms with E-state index in [4.69, 9.17) is 4.74 Å². The van der Waals surface area contributed by atoms with Gasteiger partial charge in [0.2, 0.25) is 5.91 Å². The van der Waals surface area contributed by atoms with Crippen LogP contribution in [-0.4, -0.2) is 17.6 Å². The van der Waals surface area contributed by atoms with Crippen molar-refractivity contribution in [2.45, 2.75) is 39.3 Å². The molecule has 0 atom stereocenters. The highest BCUT2D eigenvalue weighted by Gasteiger charge is 2.16. The average Bonchev–Trinajstić information content (AvgIpc) is 2.56. The van der Waals surface area contributed by atoms with Gasteiger partial charge in [-0.1, -0.05) is 28.1 Å². The second kappa shape index (κ2) is 8.99. The molecule has 27 heavy (non-hydrogen) atoms. The number of halogens is 2. The standard InChI is InChI=1S/C20H22BrFN2O3/c1-20(2,3)27-19(26)24-16-7-4-13(5-8-16)10-18(25)23-12-14-11-15(21)6-9-17(14)22/h4-9,11H,10,12H2,1-3H3,(H,23,25)(H,24,26). The highest BCUT2D eigenvalue weighted by molar-refractivity contribution is 9.10. The fourth-order valence-corrected chi connectivity index (χ4v) is 2.66. The van der Waals surface area contributed by atoms with E-state index in [9.17, 15) is 14.0 Å². The zero-order valence-corrected chi connectivity index (χ0v) is 17.0. The summed E-state index contributed by atoms with van der Waals surface area (Å²) in [6.45, 7) is 5.47. The normalized spacial score (nSPS) is 11.0. The summed E-state index contributed by atoms with van der Waals surface area (Å²) in [7, 11) is 0. The fraction of sp³-hybridized carbons (Fsp3) is 0.300. The highest BCUT2D eigenvalue weighted by atomic mass is 79.9. The van der Waals surface area contributed by atoms with E-state index < -0.39 is 11.7 Å². The topological polar surface area (TPSA) is 67.4 Å². The van der Waals surface area contributed by atoms with Crippen LogP contribution in [0, 0.1) is 5.82 Å². The number of rotatable bonds is 5. The summed E-state index contributed by atoms with van der Waals surface area (Å²) in [6.07, 6.45) is -0.383. The van der Waals surface area contributed by atoms with Crippen LogP contribution in [-0.2, 0) is 22.5 Å². The van der Waals surface area contributed by atoms with Crippen LogP contribution in [0.4, 0.5) is 14.9 Å². The van der Waals surface area contributed by atoms with Gasteiger partial charge in [-0.2, -0.15) is 0 Å². The van der Waals surface area contributed by atoms with Crippen LogP contribution in [0.15, 0.2) is 46.9 Å². The summed E-state index contributed by atoms with van der Waals surface area (Å²) in [5.41, 5.74) is 1.19. The van der Waals surface area contributed by atoms with Crippen LogP contribution in [0.3, 0.4) is 0 Å². The Morgan fingerprint density at radius 2 is 1.78 bits per heavy atom. The van der Waals surface area contributed by atoms with Crippen molar-refractivity contribution in [3.8, 4) is 0 Å². The van der Waals surface area contributed by atoms with Crippen LogP contribution in [0.5, 0.6) is 0 Å². The predicted octanol–water partition coefficient (Wildman–Crippen LogP) is 4.79. The quantitative estimate of drug-likeness (QED) is 0.707. The van der Waals surface area contributed by atoms with Gasteiger partial charge in [-0.25, -0.2) is 9.18 Å². The van der Waals surface area contributed by atoms with Crippen molar-refractivity contribution in [1.29, 1.82) is 0 Å². The number of carbonyl (C=O) groups excluding carboxylic acids is 2. The van der Waals surface area contributed by atoms with Gasteiger partial charge in [0.15, 0.2) is 0 Å². The third kappa shape index (κ3) is 7.38. The Labute approximate surface area is 166 Å². The van der Waals surface area contributed by atoms with Crippen LogP contribution in [0.2, 0.25) is 0 Å². The first kappa shape index (κ1) is 20.9. The first-order valence-corrected chi connectivity index (χ1v) is 9.21. The molecule has 0 saturated carbocycles. The van der Waals surface area contributed by atoms with E-state index in [1.165, 1.54) is 6.07 Å². The Hall–Kier alpha value is -2.41. The van der Waals surface area contributed by atoms with Crippen molar-refractivity contribution in [2.24, 2.45) is 0 Å². The monoisotopic (exact) mass is 436 g/mol. The Bertz CT molecular complexity index is 817. The molecule has 2 aromatic carbocycles. The molecule has 0 radical (unpaired) electrons. The van der Waals surface area contributed by atoms with Crippen molar-refractivity contribution >= 4 is 33.6 Å². The number of hydrogen-bond donors (Lipinski definition) is 2. The van der Waals surface area contributed by atoms with Gasteiger partial charge in [0, 0.05) is 22.3 Å². The lowest BCUT2D eigenvalue weighted by molar-refractivity contribution is -0.120. The molecule has 0 saturated heterocycles. The first-order valence-electron chi connectivity index (χ1n) is 8.42.